The summed E-state index contributed by atoms with van der Waals surface area (Å²) in [6.07, 6.45) is 3.06. The van der Waals surface area contributed by atoms with Crippen molar-refractivity contribution in [1.82, 2.24) is 4.83 Å². The maximum atomic E-state index is 10.1. The van der Waals surface area contributed by atoms with Crippen LogP contribution in [0.2, 0.25) is 0 Å². The van der Waals surface area contributed by atoms with Crippen LogP contribution in [-0.2, 0) is 11.0 Å². The molecule has 1 unspecified atom stereocenters. The molecule has 0 fully saturated rings. The van der Waals surface area contributed by atoms with Crippen LogP contribution in [0, 0.1) is 0 Å². The number of hydrogen-bond donors (Lipinski definition) is 1. The van der Waals surface area contributed by atoms with Crippen molar-refractivity contribution >= 4 is 17.2 Å². The van der Waals surface area contributed by atoms with Gasteiger partial charge in [-0.1, -0.05) is 0 Å². The van der Waals surface area contributed by atoms with E-state index in [4.69, 9.17) is 0 Å². The fraction of sp³-hybridized carbons (Fsp3) is 0.667. The van der Waals surface area contributed by atoms with Crippen molar-refractivity contribution in [3.8, 4) is 0 Å². The number of nitrogens with one attached hydrogen (secondary N) is 1. The highest BCUT2D eigenvalue weighted by Gasteiger charge is 1.74. The summed E-state index contributed by atoms with van der Waals surface area (Å²) in [6.45, 7) is 1.75. The Morgan fingerprint density at radius 2 is 2.43 bits per heavy atom. The maximum absolute atomic E-state index is 10.1. The van der Waals surface area contributed by atoms with Gasteiger partial charge in [-0.05, 0) is 6.92 Å². The van der Waals surface area contributed by atoms with Gasteiger partial charge in [-0.3, -0.25) is 0 Å². The molecule has 7 heavy (non-hydrogen) atoms. The summed E-state index contributed by atoms with van der Waals surface area (Å²) in [7, 11) is -1.01. The van der Waals surface area contributed by atoms with E-state index >= 15 is 0 Å². The average Bonchev–Trinajstić information content (AvgIpc) is 1.61. The molecule has 0 aromatic heterocycles. The molecule has 1 atom stereocenters. The van der Waals surface area contributed by atoms with Gasteiger partial charge in [0.25, 0.3) is 0 Å². The van der Waals surface area contributed by atoms with Crippen LogP contribution in [0.3, 0.4) is 0 Å². The molecular weight excluding hydrogens is 112 g/mol. The lowest BCUT2D eigenvalue weighted by Crippen LogP contribution is -2.06. The molecule has 3 nitrogen and oxygen atoms in total. The van der Waals surface area contributed by atoms with E-state index in [-0.39, 0.29) is 0 Å². The van der Waals surface area contributed by atoms with Crippen molar-refractivity contribution in [3.63, 3.8) is 0 Å². The minimum atomic E-state index is -1.01. The number of rotatable bonds is 2. The Balaban J connectivity index is 3.14. The topological polar surface area (TPSA) is 41.5 Å². The minimum absolute atomic E-state index is 1.01. The lowest BCUT2D eigenvalue weighted by Gasteiger charge is -1.86. The second-order valence-electron chi connectivity index (χ2n) is 0.933. The van der Waals surface area contributed by atoms with Crippen molar-refractivity contribution in [2.24, 2.45) is 5.10 Å². The second-order valence-corrected chi connectivity index (χ2v) is 2.02. The van der Waals surface area contributed by atoms with Gasteiger partial charge in [-0.25, -0.2) is 9.04 Å². The second kappa shape index (κ2) is 3.80. The van der Waals surface area contributed by atoms with E-state index in [1.807, 2.05) is 0 Å². The molecule has 0 rings (SSSR count). The molecule has 0 saturated heterocycles. The van der Waals surface area contributed by atoms with Crippen LogP contribution in [0.25, 0.3) is 0 Å². The maximum Gasteiger partial charge on any atom is 0.129 e. The van der Waals surface area contributed by atoms with E-state index in [1.165, 1.54) is 6.26 Å². The summed E-state index contributed by atoms with van der Waals surface area (Å²) in [4.78, 5) is 2.34. The number of hydrazone groups is 1. The van der Waals surface area contributed by atoms with Crippen LogP contribution in [-0.4, -0.2) is 16.7 Å². The molecule has 0 amide bonds. The van der Waals surface area contributed by atoms with Gasteiger partial charge in [0.2, 0.25) is 0 Å². The van der Waals surface area contributed by atoms with Gasteiger partial charge in [-0.2, -0.15) is 5.10 Å². The monoisotopic (exact) mass is 120 g/mol. The SMILES string of the molecule is C/C=N/NS(C)=O. The van der Waals surface area contributed by atoms with Crippen LogP contribution in [0.15, 0.2) is 5.10 Å². The lowest BCUT2D eigenvalue weighted by molar-refractivity contribution is 0.679. The van der Waals surface area contributed by atoms with Gasteiger partial charge in [0.1, 0.15) is 11.0 Å². The Morgan fingerprint density at radius 1 is 1.86 bits per heavy atom. The van der Waals surface area contributed by atoms with Crippen LogP contribution in [0.4, 0.5) is 0 Å². The van der Waals surface area contributed by atoms with Gasteiger partial charge >= 0.3 is 0 Å². The molecule has 0 aliphatic carbocycles. The molecule has 1 N–H and O–H groups in total. The normalized spacial score (nSPS) is 14.6. The molecule has 0 aromatic carbocycles. The fourth-order valence-electron chi connectivity index (χ4n) is 0.127. The van der Waals surface area contributed by atoms with Crippen molar-refractivity contribution in [3.05, 3.63) is 0 Å². The molecule has 0 spiro atoms. The first kappa shape index (κ1) is 6.62. The van der Waals surface area contributed by atoms with Crippen molar-refractivity contribution in [2.45, 2.75) is 6.92 Å². The summed E-state index contributed by atoms with van der Waals surface area (Å²) < 4.78 is 10.1. The zero-order chi connectivity index (χ0) is 5.70. The molecule has 0 aromatic rings. The fourth-order valence-corrected chi connectivity index (χ4v) is 0.381. The zero-order valence-corrected chi connectivity index (χ0v) is 5.16. The van der Waals surface area contributed by atoms with E-state index in [0.29, 0.717) is 0 Å². The standard InChI is InChI=1S/C3H8N2OS/c1-3-4-5-7(2)6/h3,5H,1-2H3/b4-3+. The summed E-state index contributed by atoms with van der Waals surface area (Å²) in [5.41, 5.74) is 0. The van der Waals surface area contributed by atoms with Crippen molar-refractivity contribution in [2.75, 3.05) is 6.26 Å². The van der Waals surface area contributed by atoms with Gasteiger partial charge in [0.15, 0.2) is 0 Å². The third kappa shape index (κ3) is 5.62. The summed E-state index contributed by atoms with van der Waals surface area (Å²) in [5.74, 6) is 0. The molecule has 4 heteroatoms. The molecule has 0 aliphatic rings. The van der Waals surface area contributed by atoms with Crippen LogP contribution in [0.5, 0.6) is 0 Å². The summed E-state index contributed by atoms with van der Waals surface area (Å²) in [6, 6.07) is 0. The Kier molecular flexibility index (Phi) is 3.59. The van der Waals surface area contributed by atoms with E-state index in [1.54, 1.807) is 13.1 Å². The molecular formula is C3H8N2OS. The van der Waals surface area contributed by atoms with Crippen LogP contribution < -0.4 is 4.83 Å². The van der Waals surface area contributed by atoms with Crippen LogP contribution in [0.1, 0.15) is 6.92 Å². The minimum Gasteiger partial charge on any atom is -0.236 e. The first-order valence-electron chi connectivity index (χ1n) is 1.84. The molecule has 42 valence electrons. The molecule has 0 bridgehead atoms. The van der Waals surface area contributed by atoms with E-state index in [0.717, 1.165) is 0 Å². The Hall–Kier alpha value is -0.380. The summed E-state index contributed by atoms with van der Waals surface area (Å²) in [5, 5.41) is 3.50. The third-order valence-electron chi connectivity index (χ3n) is 0.310. The van der Waals surface area contributed by atoms with E-state index in [2.05, 4.69) is 9.93 Å². The quantitative estimate of drug-likeness (QED) is 0.400. The molecule has 0 saturated carbocycles. The zero-order valence-electron chi connectivity index (χ0n) is 4.34. The molecule has 0 aliphatic heterocycles. The number of nitrogens with zero attached hydrogens (tertiary/aromatic N) is 1. The Labute approximate surface area is 45.4 Å². The predicted octanol–water partition coefficient (Wildman–Crippen LogP) is -0.125. The van der Waals surface area contributed by atoms with E-state index < -0.39 is 11.0 Å². The first-order valence-corrected chi connectivity index (χ1v) is 3.40. The largest absolute Gasteiger partial charge is 0.236 e. The van der Waals surface area contributed by atoms with Gasteiger partial charge in [0.05, 0.1) is 0 Å². The average molecular weight is 120 g/mol. The predicted molar refractivity (Wildman–Crippen MR) is 31.4 cm³/mol. The van der Waals surface area contributed by atoms with Crippen molar-refractivity contribution < 1.29 is 4.21 Å². The van der Waals surface area contributed by atoms with Gasteiger partial charge in [0, 0.05) is 12.5 Å². The highest BCUT2D eigenvalue weighted by molar-refractivity contribution is 7.82. The molecule has 0 heterocycles. The summed E-state index contributed by atoms with van der Waals surface area (Å²) >= 11 is 0. The Morgan fingerprint density at radius 3 is 2.57 bits per heavy atom. The lowest BCUT2D eigenvalue weighted by atomic mass is 10.9. The van der Waals surface area contributed by atoms with Crippen LogP contribution >= 0.6 is 0 Å². The highest BCUT2D eigenvalue weighted by atomic mass is 32.2. The molecule has 0 radical (unpaired) electrons. The van der Waals surface area contributed by atoms with Gasteiger partial charge < -0.3 is 0 Å². The van der Waals surface area contributed by atoms with Crippen molar-refractivity contribution in [1.29, 1.82) is 0 Å². The Bertz CT molecular complexity index is 90.9. The third-order valence-corrected chi connectivity index (χ3v) is 0.673. The highest BCUT2D eigenvalue weighted by Crippen LogP contribution is 1.60. The number of hydrogen-bond acceptors (Lipinski definition) is 2. The smallest absolute Gasteiger partial charge is 0.129 e. The van der Waals surface area contributed by atoms with E-state index in [9.17, 15) is 4.21 Å². The van der Waals surface area contributed by atoms with Gasteiger partial charge in [-0.15, -0.1) is 0 Å². The first-order chi connectivity index (χ1) is 3.27.